The van der Waals surface area contributed by atoms with Crippen molar-refractivity contribution in [1.29, 1.82) is 0 Å². The molecule has 4 N–H and O–H groups in total. The normalized spacial score (nSPS) is 13.8. The predicted octanol–water partition coefficient (Wildman–Crippen LogP) is 6.88. The van der Waals surface area contributed by atoms with Gasteiger partial charge in [0.2, 0.25) is 11.8 Å². The Balaban J connectivity index is 0.957. The van der Waals surface area contributed by atoms with E-state index in [1.54, 1.807) is 24.9 Å². The lowest BCUT2D eigenvalue weighted by molar-refractivity contribution is -0.118. The Morgan fingerprint density at radius 3 is 2.22 bits per heavy atom. The van der Waals surface area contributed by atoms with Crippen LogP contribution in [0.15, 0.2) is 105 Å². The van der Waals surface area contributed by atoms with E-state index >= 15 is 0 Å². The molecule has 0 unspecified atom stereocenters. The molecule has 0 spiro atoms. The molecule has 1 fully saturated rings. The minimum atomic E-state index is -0.832. The number of nitrogens with zero attached hydrogens (tertiary/aromatic N) is 4. The number of hydrogen-bond acceptors (Lipinski definition) is 10. The monoisotopic (exact) mass is 652 g/mol. The molecule has 46 heavy (non-hydrogen) atoms. The molecule has 4 heterocycles. The summed E-state index contributed by atoms with van der Waals surface area (Å²) in [4.78, 5) is 32.4. The van der Waals surface area contributed by atoms with E-state index in [4.69, 9.17) is 8.83 Å². The zero-order valence-corrected chi connectivity index (χ0v) is 26.4. The third-order valence-electron chi connectivity index (χ3n) is 7.37. The fourth-order valence-electron chi connectivity index (χ4n) is 4.58. The van der Waals surface area contributed by atoms with E-state index in [9.17, 15) is 9.59 Å². The largest absolute Gasteiger partial charge is 0.472 e. The number of H-pyrrole nitrogens is 2. The lowest BCUT2D eigenvalue weighted by Crippen LogP contribution is -2.34. The number of hydrogen-bond donors (Lipinski definition) is 4. The van der Waals surface area contributed by atoms with E-state index in [-0.39, 0.29) is 11.8 Å². The van der Waals surface area contributed by atoms with Gasteiger partial charge >= 0.3 is 0 Å². The van der Waals surface area contributed by atoms with Gasteiger partial charge in [-0.05, 0) is 75.2 Å². The van der Waals surface area contributed by atoms with Crippen LogP contribution in [0.2, 0.25) is 0 Å². The van der Waals surface area contributed by atoms with Gasteiger partial charge in [-0.25, -0.2) is 0 Å². The van der Waals surface area contributed by atoms with E-state index in [0.29, 0.717) is 33.4 Å². The molecule has 6 aromatic rings. The van der Waals surface area contributed by atoms with Gasteiger partial charge in [-0.3, -0.25) is 9.59 Å². The summed E-state index contributed by atoms with van der Waals surface area (Å²) in [5, 5.41) is 23.9. The van der Waals surface area contributed by atoms with Crippen molar-refractivity contribution in [2.24, 2.45) is 0 Å². The van der Waals surface area contributed by atoms with Crippen LogP contribution >= 0.6 is 23.5 Å². The molecule has 12 nitrogen and oxygen atoms in total. The lowest BCUT2D eigenvalue weighted by atomic mass is 10.1. The van der Waals surface area contributed by atoms with E-state index < -0.39 is 9.49 Å². The molecule has 4 aromatic heterocycles. The zero-order chi connectivity index (χ0) is 31.7. The van der Waals surface area contributed by atoms with Crippen molar-refractivity contribution in [2.75, 3.05) is 10.6 Å². The van der Waals surface area contributed by atoms with Gasteiger partial charge in [0, 0.05) is 16.9 Å². The van der Waals surface area contributed by atoms with Crippen molar-refractivity contribution in [1.82, 2.24) is 30.4 Å². The summed E-state index contributed by atoms with van der Waals surface area (Å²) in [5.74, 6) is 1.53. The van der Waals surface area contributed by atoms with Gasteiger partial charge in [0.1, 0.15) is 23.0 Å². The highest BCUT2D eigenvalue weighted by Gasteiger charge is 2.52. The van der Waals surface area contributed by atoms with Crippen molar-refractivity contribution in [2.45, 2.75) is 46.5 Å². The third-order valence-corrected chi connectivity index (χ3v) is 9.80. The molecule has 1 aliphatic rings. The number of nitrogens with one attached hydrogen (secondary N) is 4. The second-order valence-electron chi connectivity index (χ2n) is 11.2. The number of para-hydroxylation sites is 1. The Morgan fingerprint density at radius 1 is 0.804 bits per heavy atom. The topological polar surface area (TPSA) is 168 Å². The number of aromatic amines is 2. The van der Waals surface area contributed by atoms with E-state index in [0.717, 1.165) is 35.2 Å². The van der Waals surface area contributed by atoms with Gasteiger partial charge in [0.15, 0.2) is 22.0 Å². The van der Waals surface area contributed by atoms with Crippen molar-refractivity contribution in [3.05, 3.63) is 85.5 Å². The number of benzene rings is 2. The first kappa shape index (κ1) is 29.6. The summed E-state index contributed by atoms with van der Waals surface area (Å²) in [6.45, 7) is 3.65. The number of thioether (sulfide) groups is 2. The molecule has 1 saturated carbocycles. The maximum atomic E-state index is 13.1. The Hall–Kier alpha value is -5.08. The molecule has 0 aliphatic heterocycles. The highest BCUT2D eigenvalue weighted by Crippen LogP contribution is 2.51. The highest BCUT2D eigenvalue weighted by molar-refractivity contribution is 8.01. The van der Waals surface area contributed by atoms with Gasteiger partial charge in [0.05, 0.1) is 22.1 Å². The van der Waals surface area contributed by atoms with Crippen LogP contribution in [-0.4, -0.2) is 51.7 Å². The average molecular weight is 653 g/mol. The Labute approximate surface area is 271 Å². The lowest BCUT2D eigenvalue weighted by Gasteiger charge is -2.21. The van der Waals surface area contributed by atoms with Gasteiger partial charge in [-0.15, -0.1) is 20.4 Å². The number of aromatic nitrogens is 6. The van der Waals surface area contributed by atoms with Gasteiger partial charge in [0.25, 0.3) is 0 Å². The predicted molar refractivity (Wildman–Crippen MR) is 175 cm³/mol. The van der Waals surface area contributed by atoms with Crippen molar-refractivity contribution >= 4 is 46.7 Å². The molecular weight excluding hydrogens is 625 g/mol. The summed E-state index contributed by atoms with van der Waals surface area (Å²) >= 11 is 2.67. The Morgan fingerprint density at radius 2 is 1.50 bits per heavy atom. The first-order valence-corrected chi connectivity index (χ1v) is 16.0. The molecule has 14 heteroatoms. The van der Waals surface area contributed by atoms with Crippen molar-refractivity contribution in [3.8, 4) is 34.1 Å². The van der Waals surface area contributed by atoms with Crippen LogP contribution in [-0.2, 0) is 9.59 Å². The van der Waals surface area contributed by atoms with E-state index in [1.807, 2.05) is 74.5 Å². The molecule has 1 aliphatic carbocycles. The van der Waals surface area contributed by atoms with Crippen molar-refractivity contribution < 1.29 is 18.4 Å². The van der Waals surface area contributed by atoms with Crippen LogP contribution in [0, 0.1) is 0 Å². The number of anilines is 2. The summed E-state index contributed by atoms with van der Waals surface area (Å²) in [6.07, 6.45) is 6.28. The van der Waals surface area contributed by atoms with Gasteiger partial charge in [-0.1, -0.05) is 41.7 Å². The van der Waals surface area contributed by atoms with Crippen LogP contribution in [0.3, 0.4) is 0 Å². The SMILES string of the molecule is CC(C)(Sc1nnc(-c2ccoc2)[nH]1)C(=O)Nc1ccc(-c2cc(-c3nnc(SC4(C(=O)Nc5ccccc5)CC4)[nH]3)co2)cc1. The van der Waals surface area contributed by atoms with Gasteiger partial charge < -0.3 is 29.4 Å². The minimum Gasteiger partial charge on any atom is -0.472 e. The fourth-order valence-corrected chi connectivity index (χ4v) is 6.49. The minimum absolute atomic E-state index is 0.0380. The van der Waals surface area contributed by atoms with Crippen LogP contribution in [0.25, 0.3) is 34.1 Å². The number of carbonyl (C=O) groups excluding carboxylic acids is 2. The standard InChI is InChI=1S/C32H28N8O4S2/c1-31(2,45-29-35-25(37-39-29)20-12-15-43-17-20)27(41)33-23-10-8-19(9-11-23)24-16-21(18-44-24)26-36-30(40-38-26)46-32(13-14-32)28(42)34-22-6-4-3-5-7-22/h3-12,15-18H,13-14H2,1-2H3,(H,33,41)(H,34,42)(H,35,37,39)(H,36,38,40). The smallest absolute Gasteiger partial charge is 0.241 e. The molecular formula is C32H28N8O4S2. The third kappa shape index (κ3) is 6.34. The van der Waals surface area contributed by atoms with Crippen LogP contribution in [0.4, 0.5) is 11.4 Å². The average Bonchev–Trinajstić information content (AvgIpc) is 3.61. The number of carbonyl (C=O) groups is 2. The quantitative estimate of drug-likeness (QED) is 0.108. The Kier molecular flexibility index (Phi) is 7.74. The molecule has 2 amide bonds. The molecule has 7 rings (SSSR count). The first-order valence-electron chi connectivity index (χ1n) is 14.4. The molecule has 0 radical (unpaired) electrons. The maximum Gasteiger partial charge on any atom is 0.241 e. The first-order chi connectivity index (χ1) is 22.3. The number of amides is 2. The molecule has 0 atom stereocenters. The highest BCUT2D eigenvalue weighted by atomic mass is 32.2. The number of rotatable bonds is 11. The summed E-state index contributed by atoms with van der Waals surface area (Å²) in [7, 11) is 0. The van der Waals surface area contributed by atoms with Crippen LogP contribution in [0.5, 0.6) is 0 Å². The van der Waals surface area contributed by atoms with Crippen molar-refractivity contribution in [3.63, 3.8) is 0 Å². The summed E-state index contributed by atoms with van der Waals surface area (Å²) in [5.41, 5.74) is 3.75. The van der Waals surface area contributed by atoms with Gasteiger partial charge in [-0.2, -0.15) is 0 Å². The molecule has 2 aromatic carbocycles. The zero-order valence-electron chi connectivity index (χ0n) is 24.7. The van der Waals surface area contributed by atoms with Crippen LogP contribution in [0.1, 0.15) is 26.7 Å². The second-order valence-corrected chi connectivity index (χ2v) is 14.2. The molecule has 232 valence electrons. The summed E-state index contributed by atoms with van der Waals surface area (Å²) in [6, 6.07) is 20.5. The second kappa shape index (κ2) is 12.0. The fraction of sp³-hybridized carbons (Fsp3) is 0.188. The Bertz CT molecular complexity index is 1980. The maximum absolute atomic E-state index is 13.1. The molecule has 0 bridgehead atoms. The summed E-state index contributed by atoms with van der Waals surface area (Å²) < 4.78 is 9.54. The molecule has 0 saturated heterocycles. The number of furan rings is 2. The van der Waals surface area contributed by atoms with Crippen LogP contribution < -0.4 is 10.6 Å². The van der Waals surface area contributed by atoms with E-state index in [2.05, 4.69) is 41.0 Å². The van der Waals surface area contributed by atoms with E-state index in [1.165, 1.54) is 23.5 Å².